The van der Waals surface area contributed by atoms with Gasteiger partial charge in [0.2, 0.25) is 5.91 Å². The summed E-state index contributed by atoms with van der Waals surface area (Å²) in [6.07, 6.45) is -0.282. The van der Waals surface area contributed by atoms with Crippen LogP contribution in [0.5, 0.6) is 17.2 Å². The van der Waals surface area contributed by atoms with Crippen molar-refractivity contribution in [3.8, 4) is 17.2 Å². The van der Waals surface area contributed by atoms with Gasteiger partial charge in [-0.3, -0.25) is 4.79 Å². The van der Waals surface area contributed by atoms with Crippen molar-refractivity contribution in [1.82, 2.24) is 5.32 Å². The molecule has 0 bridgehead atoms. The van der Waals surface area contributed by atoms with Crippen LogP contribution in [-0.4, -0.2) is 30.8 Å². The first-order valence-electron chi connectivity index (χ1n) is 8.99. The molecule has 3 rings (SSSR count). The number of hydrogen-bond acceptors (Lipinski definition) is 5. The van der Waals surface area contributed by atoms with E-state index < -0.39 is 17.7 Å². The summed E-state index contributed by atoms with van der Waals surface area (Å²) in [7, 11) is 1.60. The summed E-state index contributed by atoms with van der Waals surface area (Å²) in [6, 6.07) is 12.0. The van der Waals surface area contributed by atoms with Crippen LogP contribution in [-0.2, 0) is 16.0 Å². The second-order valence-corrected chi connectivity index (χ2v) is 7.49. The number of carbonyl (C=O) groups is 2. The van der Waals surface area contributed by atoms with Gasteiger partial charge in [-0.15, -0.1) is 0 Å². The van der Waals surface area contributed by atoms with E-state index in [2.05, 4.69) is 10.6 Å². The molecule has 7 heteroatoms. The third-order valence-electron chi connectivity index (χ3n) is 4.04. The summed E-state index contributed by atoms with van der Waals surface area (Å²) in [5.41, 5.74) is 0.927. The van der Waals surface area contributed by atoms with Gasteiger partial charge in [0.1, 0.15) is 28.9 Å². The van der Waals surface area contributed by atoms with Crippen LogP contribution in [0.15, 0.2) is 42.5 Å². The molecule has 0 saturated heterocycles. The molecule has 7 nitrogen and oxygen atoms in total. The fourth-order valence-electron chi connectivity index (χ4n) is 2.82. The Morgan fingerprint density at radius 2 is 1.82 bits per heavy atom. The van der Waals surface area contributed by atoms with Crippen LogP contribution in [0.4, 0.5) is 10.5 Å². The molecule has 0 aliphatic carbocycles. The van der Waals surface area contributed by atoms with E-state index in [-0.39, 0.29) is 5.91 Å². The first-order chi connectivity index (χ1) is 13.2. The van der Waals surface area contributed by atoms with Gasteiger partial charge < -0.3 is 24.8 Å². The minimum atomic E-state index is -0.714. The summed E-state index contributed by atoms with van der Waals surface area (Å²) in [4.78, 5) is 24.3. The van der Waals surface area contributed by atoms with Gasteiger partial charge in [-0.05, 0) is 56.7 Å². The summed E-state index contributed by atoms with van der Waals surface area (Å²) in [5.74, 6) is 1.69. The molecule has 148 valence electrons. The quantitative estimate of drug-likeness (QED) is 0.836. The highest BCUT2D eigenvalue weighted by molar-refractivity contribution is 5.99. The van der Waals surface area contributed by atoms with Crippen LogP contribution in [0, 0.1) is 0 Å². The van der Waals surface area contributed by atoms with Gasteiger partial charge in [0, 0.05) is 18.2 Å². The van der Waals surface area contributed by atoms with Crippen molar-refractivity contribution in [2.24, 2.45) is 0 Å². The predicted molar refractivity (Wildman–Crippen MR) is 105 cm³/mol. The number of hydrogen-bond donors (Lipinski definition) is 2. The summed E-state index contributed by atoms with van der Waals surface area (Å²) >= 11 is 0. The molecule has 2 amide bonds. The lowest BCUT2D eigenvalue weighted by atomic mass is 9.99. The SMILES string of the molecule is COc1cccc(Oc2ccc3c(c2)C[C@@H](NC(=O)OC(C)(C)C)C(=O)N3)c1. The number of nitrogens with one attached hydrogen (secondary N) is 2. The maximum atomic E-state index is 12.3. The van der Waals surface area contributed by atoms with Crippen molar-refractivity contribution >= 4 is 17.7 Å². The van der Waals surface area contributed by atoms with Crippen LogP contribution >= 0.6 is 0 Å². The lowest BCUT2D eigenvalue weighted by molar-refractivity contribution is -0.118. The van der Waals surface area contributed by atoms with Crippen molar-refractivity contribution in [3.05, 3.63) is 48.0 Å². The van der Waals surface area contributed by atoms with E-state index in [0.717, 1.165) is 5.56 Å². The highest BCUT2D eigenvalue weighted by atomic mass is 16.6. The van der Waals surface area contributed by atoms with E-state index in [4.69, 9.17) is 14.2 Å². The normalized spacial score (nSPS) is 15.9. The van der Waals surface area contributed by atoms with E-state index in [9.17, 15) is 9.59 Å². The van der Waals surface area contributed by atoms with Gasteiger partial charge in [0.15, 0.2) is 0 Å². The molecule has 0 unspecified atom stereocenters. The number of fused-ring (bicyclic) bond motifs is 1. The van der Waals surface area contributed by atoms with Crippen molar-refractivity contribution < 1.29 is 23.8 Å². The first kappa shape index (κ1) is 19.5. The van der Waals surface area contributed by atoms with Crippen molar-refractivity contribution in [1.29, 1.82) is 0 Å². The Morgan fingerprint density at radius 3 is 2.54 bits per heavy atom. The molecule has 1 aliphatic heterocycles. The average Bonchev–Trinajstić information content (AvgIpc) is 2.61. The maximum absolute atomic E-state index is 12.3. The van der Waals surface area contributed by atoms with E-state index >= 15 is 0 Å². The van der Waals surface area contributed by atoms with Gasteiger partial charge in [-0.2, -0.15) is 0 Å². The molecule has 0 aromatic heterocycles. The topological polar surface area (TPSA) is 85.9 Å². The third kappa shape index (κ3) is 4.94. The van der Waals surface area contributed by atoms with Crippen LogP contribution in [0.1, 0.15) is 26.3 Å². The molecule has 2 aromatic rings. The Hall–Kier alpha value is -3.22. The Labute approximate surface area is 164 Å². The van der Waals surface area contributed by atoms with Crippen molar-refractivity contribution in [2.75, 3.05) is 12.4 Å². The number of carbonyl (C=O) groups excluding carboxylic acids is 2. The average molecular weight is 384 g/mol. The molecule has 0 spiro atoms. The maximum Gasteiger partial charge on any atom is 0.408 e. The molecule has 0 saturated carbocycles. The van der Waals surface area contributed by atoms with Gasteiger partial charge >= 0.3 is 6.09 Å². The fourth-order valence-corrected chi connectivity index (χ4v) is 2.82. The molecule has 1 heterocycles. The number of methoxy groups -OCH3 is 1. The van der Waals surface area contributed by atoms with Gasteiger partial charge in [0.05, 0.1) is 7.11 Å². The lowest BCUT2D eigenvalue weighted by Gasteiger charge is -2.27. The number of rotatable bonds is 4. The van der Waals surface area contributed by atoms with Crippen LogP contribution in [0.2, 0.25) is 0 Å². The summed E-state index contributed by atoms with van der Waals surface area (Å²) in [5, 5.41) is 5.42. The smallest absolute Gasteiger partial charge is 0.408 e. The third-order valence-corrected chi connectivity index (χ3v) is 4.04. The van der Waals surface area contributed by atoms with E-state index in [1.165, 1.54) is 0 Å². The monoisotopic (exact) mass is 384 g/mol. The highest BCUT2D eigenvalue weighted by Gasteiger charge is 2.29. The molecular weight excluding hydrogens is 360 g/mol. The Morgan fingerprint density at radius 1 is 1.11 bits per heavy atom. The summed E-state index contributed by atoms with van der Waals surface area (Å²) in [6.45, 7) is 5.31. The molecule has 1 atom stereocenters. The minimum Gasteiger partial charge on any atom is -0.497 e. The largest absolute Gasteiger partial charge is 0.497 e. The molecule has 2 aromatic carbocycles. The predicted octanol–water partition coefficient (Wildman–Crippen LogP) is 3.88. The highest BCUT2D eigenvalue weighted by Crippen LogP contribution is 2.31. The molecule has 28 heavy (non-hydrogen) atoms. The second-order valence-electron chi connectivity index (χ2n) is 7.49. The fraction of sp³-hybridized carbons (Fsp3) is 0.333. The van der Waals surface area contributed by atoms with Crippen molar-refractivity contribution in [2.45, 2.75) is 38.8 Å². The second kappa shape index (κ2) is 7.80. The van der Waals surface area contributed by atoms with Gasteiger partial charge in [-0.1, -0.05) is 6.07 Å². The molecule has 0 radical (unpaired) electrons. The molecule has 2 N–H and O–H groups in total. The number of benzene rings is 2. The number of ether oxygens (including phenoxy) is 3. The number of amides is 2. The summed E-state index contributed by atoms with van der Waals surface area (Å²) < 4.78 is 16.3. The van der Waals surface area contributed by atoms with E-state index in [1.807, 2.05) is 24.3 Å². The van der Waals surface area contributed by atoms with Gasteiger partial charge in [-0.25, -0.2) is 4.79 Å². The molecule has 1 aliphatic rings. The molecule has 0 fully saturated rings. The van der Waals surface area contributed by atoms with Crippen LogP contribution in [0.25, 0.3) is 0 Å². The Kier molecular flexibility index (Phi) is 5.44. The van der Waals surface area contributed by atoms with Crippen LogP contribution in [0.3, 0.4) is 0 Å². The zero-order chi connectivity index (χ0) is 20.3. The number of alkyl carbamates (subject to hydrolysis) is 1. The Balaban J connectivity index is 1.72. The number of anilines is 1. The first-order valence-corrected chi connectivity index (χ1v) is 8.99. The zero-order valence-corrected chi connectivity index (χ0v) is 16.4. The van der Waals surface area contributed by atoms with Crippen LogP contribution < -0.4 is 20.1 Å². The van der Waals surface area contributed by atoms with Crippen molar-refractivity contribution in [3.63, 3.8) is 0 Å². The van der Waals surface area contributed by atoms with E-state index in [1.54, 1.807) is 46.1 Å². The van der Waals surface area contributed by atoms with Gasteiger partial charge in [0.25, 0.3) is 0 Å². The minimum absolute atomic E-state index is 0.278. The zero-order valence-electron chi connectivity index (χ0n) is 16.4. The Bertz CT molecular complexity index is 889. The standard InChI is InChI=1S/C21H24N2O5/c1-21(2,3)28-20(25)23-18-11-13-10-16(8-9-17(13)22-19(18)24)27-15-7-5-6-14(12-15)26-4/h5-10,12,18H,11H2,1-4H3,(H,22,24)(H,23,25)/t18-/m1/s1. The molecular formula is C21H24N2O5. The van der Waals surface area contributed by atoms with E-state index in [0.29, 0.717) is 29.4 Å². The lowest BCUT2D eigenvalue weighted by Crippen LogP contribution is -2.49.